The molecular formula is C19H31N4O8P. The van der Waals surface area contributed by atoms with Crippen LogP contribution in [-0.4, -0.2) is 42.1 Å². The average molecular weight is 474 g/mol. The largest absolute Gasteiger partial charge is 0.473 e. The highest BCUT2D eigenvalue weighted by atomic mass is 31.2. The molecule has 180 valence electrons. The van der Waals surface area contributed by atoms with Crippen molar-refractivity contribution in [3.8, 4) is 5.88 Å². The first-order valence-corrected chi connectivity index (χ1v) is 11.2. The van der Waals surface area contributed by atoms with Crippen LogP contribution in [0.5, 0.6) is 5.88 Å². The molecule has 0 unspecified atom stereocenters. The highest BCUT2D eigenvalue weighted by Crippen LogP contribution is 2.49. The molecule has 32 heavy (non-hydrogen) atoms. The topological polar surface area (TPSA) is 175 Å². The Balaban J connectivity index is 2.76. The number of nitrogens with zero attached hydrogens (tertiary/aromatic N) is 2. The van der Waals surface area contributed by atoms with Crippen LogP contribution in [0.15, 0.2) is 18.0 Å². The standard InChI is InChI=1S/C19H31N4O8P/c1-18(2,3)15(24)28-11-30-32(26,31-12-29-16(25)19(4,5)6)9-7-8-27-14-10-13(20)22-17(21)23-14/h7,9-10H,8,11-12H2,1-6H3,(H4,20,21,22,23)/b9-7+. The third-order valence-electron chi connectivity index (χ3n) is 3.43. The Morgan fingerprint density at radius 2 is 1.47 bits per heavy atom. The number of anilines is 2. The Kier molecular flexibility index (Phi) is 9.62. The van der Waals surface area contributed by atoms with E-state index in [9.17, 15) is 14.2 Å². The second kappa shape index (κ2) is 11.3. The zero-order chi connectivity index (χ0) is 24.6. The van der Waals surface area contributed by atoms with E-state index in [0.29, 0.717) is 0 Å². The van der Waals surface area contributed by atoms with E-state index in [1.54, 1.807) is 41.5 Å². The van der Waals surface area contributed by atoms with Gasteiger partial charge in [-0.05, 0) is 47.6 Å². The van der Waals surface area contributed by atoms with E-state index in [-0.39, 0.29) is 24.3 Å². The summed E-state index contributed by atoms with van der Waals surface area (Å²) in [5.74, 6) is 0.118. The number of rotatable bonds is 10. The van der Waals surface area contributed by atoms with E-state index in [2.05, 4.69) is 9.97 Å². The molecule has 0 radical (unpaired) electrons. The Morgan fingerprint density at radius 1 is 0.969 bits per heavy atom. The number of nitrogen functional groups attached to an aromatic ring is 2. The second-order valence-corrected chi connectivity index (χ2v) is 10.5. The van der Waals surface area contributed by atoms with Crippen molar-refractivity contribution >= 4 is 31.3 Å². The monoisotopic (exact) mass is 474 g/mol. The van der Waals surface area contributed by atoms with E-state index in [1.165, 1.54) is 12.1 Å². The van der Waals surface area contributed by atoms with Crippen LogP contribution >= 0.6 is 7.60 Å². The van der Waals surface area contributed by atoms with Crippen LogP contribution in [0.3, 0.4) is 0 Å². The molecule has 0 bridgehead atoms. The number of esters is 2. The average Bonchev–Trinajstić information content (AvgIpc) is 2.63. The van der Waals surface area contributed by atoms with E-state index < -0.39 is 44.0 Å². The molecule has 4 N–H and O–H groups in total. The summed E-state index contributed by atoms with van der Waals surface area (Å²) >= 11 is 0. The number of nitrogens with two attached hydrogens (primary N) is 2. The summed E-state index contributed by atoms with van der Waals surface area (Å²) in [7, 11) is -3.97. The van der Waals surface area contributed by atoms with Crippen LogP contribution in [0.25, 0.3) is 0 Å². The zero-order valence-corrected chi connectivity index (χ0v) is 20.0. The van der Waals surface area contributed by atoms with Gasteiger partial charge in [0.25, 0.3) is 0 Å². The second-order valence-electron chi connectivity index (χ2n) is 8.58. The van der Waals surface area contributed by atoms with Gasteiger partial charge in [0.15, 0.2) is 0 Å². The van der Waals surface area contributed by atoms with Gasteiger partial charge in [-0.3, -0.25) is 23.2 Å². The van der Waals surface area contributed by atoms with Crippen LogP contribution < -0.4 is 16.2 Å². The molecule has 0 aliphatic carbocycles. The highest BCUT2D eigenvalue weighted by molar-refractivity contribution is 7.57. The summed E-state index contributed by atoms with van der Waals surface area (Å²) < 4.78 is 38.5. The number of hydrogen-bond donors (Lipinski definition) is 2. The lowest BCUT2D eigenvalue weighted by Gasteiger charge is -2.20. The molecule has 0 spiro atoms. The van der Waals surface area contributed by atoms with Crippen LogP contribution in [0, 0.1) is 10.8 Å². The third-order valence-corrected chi connectivity index (χ3v) is 4.93. The lowest BCUT2D eigenvalue weighted by Crippen LogP contribution is -2.24. The van der Waals surface area contributed by atoms with E-state index in [1.807, 2.05) is 0 Å². The smallest absolute Gasteiger partial charge is 0.359 e. The number of ether oxygens (including phenoxy) is 3. The van der Waals surface area contributed by atoms with Crippen LogP contribution in [0.2, 0.25) is 0 Å². The molecule has 13 heteroatoms. The fourth-order valence-electron chi connectivity index (χ4n) is 1.70. The van der Waals surface area contributed by atoms with Gasteiger partial charge in [0.1, 0.15) is 12.4 Å². The van der Waals surface area contributed by atoms with Gasteiger partial charge in [0.05, 0.1) is 10.8 Å². The summed E-state index contributed by atoms with van der Waals surface area (Å²) in [6, 6.07) is 1.36. The molecular weight excluding hydrogens is 443 g/mol. The fraction of sp³-hybridized carbons (Fsp3) is 0.579. The van der Waals surface area contributed by atoms with Crippen molar-refractivity contribution < 1.29 is 37.4 Å². The lowest BCUT2D eigenvalue weighted by molar-refractivity contribution is -0.161. The van der Waals surface area contributed by atoms with Crippen LogP contribution in [-0.2, 0) is 32.7 Å². The molecule has 1 heterocycles. The Morgan fingerprint density at radius 3 is 1.91 bits per heavy atom. The summed E-state index contributed by atoms with van der Waals surface area (Å²) in [5, 5.41) is 0. The first-order valence-electron chi connectivity index (χ1n) is 9.56. The predicted molar refractivity (Wildman–Crippen MR) is 116 cm³/mol. The van der Waals surface area contributed by atoms with Gasteiger partial charge in [0.2, 0.25) is 25.4 Å². The first kappa shape index (κ1) is 27.3. The minimum atomic E-state index is -3.97. The van der Waals surface area contributed by atoms with Gasteiger partial charge in [-0.1, -0.05) is 0 Å². The summed E-state index contributed by atoms with van der Waals surface area (Å²) in [5.41, 5.74) is 9.49. The Hall–Kier alpha value is -2.69. The van der Waals surface area contributed by atoms with Crippen molar-refractivity contribution in [2.24, 2.45) is 10.8 Å². The van der Waals surface area contributed by atoms with Crippen LogP contribution in [0.1, 0.15) is 41.5 Å². The zero-order valence-electron chi connectivity index (χ0n) is 19.1. The predicted octanol–water partition coefficient (Wildman–Crippen LogP) is 2.85. The maximum Gasteiger partial charge on any atom is 0.359 e. The van der Waals surface area contributed by atoms with Gasteiger partial charge < -0.3 is 25.7 Å². The molecule has 1 rings (SSSR count). The normalized spacial score (nSPS) is 12.6. The minimum absolute atomic E-state index is 0.0670. The number of carbonyl (C=O) groups is 2. The van der Waals surface area contributed by atoms with E-state index in [4.69, 9.17) is 34.7 Å². The number of aromatic nitrogens is 2. The first-order chi connectivity index (χ1) is 14.6. The fourth-order valence-corrected chi connectivity index (χ4v) is 2.69. The molecule has 0 saturated heterocycles. The molecule has 0 amide bonds. The molecule has 0 aliphatic rings. The van der Waals surface area contributed by atoms with Crippen molar-refractivity contribution in [3.05, 3.63) is 18.0 Å². The lowest BCUT2D eigenvalue weighted by atomic mass is 9.98. The molecule has 12 nitrogen and oxygen atoms in total. The summed E-state index contributed by atoms with van der Waals surface area (Å²) in [4.78, 5) is 31.3. The molecule has 0 fully saturated rings. The van der Waals surface area contributed by atoms with Gasteiger partial charge >= 0.3 is 19.5 Å². The molecule has 0 saturated carbocycles. The van der Waals surface area contributed by atoms with Crippen molar-refractivity contribution in [1.29, 1.82) is 0 Å². The maximum absolute atomic E-state index is 13.0. The molecule has 0 aromatic carbocycles. The maximum atomic E-state index is 13.0. The quantitative estimate of drug-likeness (QED) is 0.288. The van der Waals surface area contributed by atoms with E-state index >= 15 is 0 Å². The Labute approximate surface area is 187 Å². The van der Waals surface area contributed by atoms with Gasteiger partial charge in [-0.2, -0.15) is 9.97 Å². The van der Waals surface area contributed by atoms with E-state index in [0.717, 1.165) is 5.82 Å². The number of hydrogen-bond acceptors (Lipinski definition) is 12. The van der Waals surface area contributed by atoms with Crippen molar-refractivity contribution in [1.82, 2.24) is 9.97 Å². The summed E-state index contributed by atoms with van der Waals surface area (Å²) in [6.07, 6.45) is 1.33. The van der Waals surface area contributed by atoms with Crippen LogP contribution in [0.4, 0.5) is 11.8 Å². The molecule has 1 aromatic heterocycles. The van der Waals surface area contributed by atoms with Gasteiger partial charge in [-0.25, -0.2) is 0 Å². The number of carbonyl (C=O) groups excluding carboxylic acids is 2. The summed E-state index contributed by atoms with van der Waals surface area (Å²) in [6.45, 7) is 8.55. The highest BCUT2D eigenvalue weighted by Gasteiger charge is 2.28. The van der Waals surface area contributed by atoms with Gasteiger partial charge in [0, 0.05) is 11.9 Å². The molecule has 0 atom stereocenters. The Bertz CT molecular complexity index is 821. The minimum Gasteiger partial charge on any atom is -0.473 e. The van der Waals surface area contributed by atoms with Crippen molar-refractivity contribution in [2.75, 3.05) is 31.7 Å². The SMILES string of the molecule is CC(C)(C)C(=O)OCOP(=O)(/C=C/COc1cc(N)nc(N)n1)OCOC(=O)C(C)(C)C. The molecule has 1 aromatic rings. The third kappa shape index (κ3) is 10.1. The van der Waals surface area contributed by atoms with Crippen molar-refractivity contribution in [2.45, 2.75) is 41.5 Å². The van der Waals surface area contributed by atoms with Crippen molar-refractivity contribution in [3.63, 3.8) is 0 Å². The molecule has 0 aliphatic heterocycles. The van der Waals surface area contributed by atoms with Gasteiger partial charge in [-0.15, -0.1) is 0 Å².